The highest BCUT2D eigenvalue weighted by Crippen LogP contribution is 2.26. The Morgan fingerprint density at radius 3 is 2.88 bits per heavy atom. The summed E-state index contributed by atoms with van der Waals surface area (Å²) in [5.74, 6) is -0.213. The van der Waals surface area contributed by atoms with Crippen LogP contribution in [0.3, 0.4) is 0 Å². The Morgan fingerprint density at radius 2 is 2.24 bits per heavy atom. The van der Waals surface area contributed by atoms with Crippen molar-refractivity contribution in [3.05, 3.63) is 58.2 Å². The van der Waals surface area contributed by atoms with E-state index in [2.05, 4.69) is 21.2 Å². The smallest absolute Gasteiger partial charge is 0.142 e. The second kappa shape index (κ2) is 5.47. The minimum absolute atomic E-state index is 0.0647. The molecule has 0 aliphatic heterocycles. The molecule has 17 heavy (non-hydrogen) atoms. The van der Waals surface area contributed by atoms with E-state index in [4.69, 9.17) is 4.42 Å². The van der Waals surface area contributed by atoms with Crippen molar-refractivity contribution < 1.29 is 8.81 Å². The predicted octanol–water partition coefficient (Wildman–Crippen LogP) is 3.68. The van der Waals surface area contributed by atoms with Crippen molar-refractivity contribution in [2.75, 3.05) is 7.05 Å². The van der Waals surface area contributed by atoms with Crippen molar-refractivity contribution in [1.29, 1.82) is 0 Å². The van der Waals surface area contributed by atoms with E-state index >= 15 is 0 Å². The Kier molecular flexibility index (Phi) is 3.97. The summed E-state index contributed by atoms with van der Waals surface area (Å²) in [6.07, 6.45) is 4.00. The lowest BCUT2D eigenvalue weighted by Gasteiger charge is -2.17. The first-order valence-electron chi connectivity index (χ1n) is 5.34. The van der Waals surface area contributed by atoms with Crippen LogP contribution in [-0.4, -0.2) is 7.05 Å². The van der Waals surface area contributed by atoms with E-state index in [1.807, 2.05) is 19.2 Å². The SMILES string of the molecule is CNC(Cc1ccoc1)c1cccc(Br)c1F. The molecule has 0 amide bonds. The minimum Gasteiger partial charge on any atom is -0.472 e. The monoisotopic (exact) mass is 297 g/mol. The van der Waals surface area contributed by atoms with Gasteiger partial charge in [-0.1, -0.05) is 12.1 Å². The zero-order valence-corrected chi connectivity index (χ0v) is 11.0. The molecule has 2 nitrogen and oxygen atoms in total. The molecule has 0 aliphatic rings. The second-order valence-electron chi connectivity index (χ2n) is 3.82. The lowest BCUT2D eigenvalue weighted by Crippen LogP contribution is -2.20. The highest BCUT2D eigenvalue weighted by atomic mass is 79.9. The number of furan rings is 1. The number of likely N-dealkylation sites (N-methyl/N-ethyl adjacent to an activating group) is 1. The highest BCUT2D eigenvalue weighted by molar-refractivity contribution is 9.10. The van der Waals surface area contributed by atoms with Crippen LogP contribution >= 0.6 is 15.9 Å². The first-order valence-corrected chi connectivity index (χ1v) is 6.14. The van der Waals surface area contributed by atoms with E-state index in [0.29, 0.717) is 16.5 Å². The predicted molar refractivity (Wildman–Crippen MR) is 68.3 cm³/mol. The van der Waals surface area contributed by atoms with E-state index in [1.54, 1.807) is 24.7 Å². The maximum Gasteiger partial charge on any atom is 0.142 e. The molecule has 1 atom stereocenters. The van der Waals surface area contributed by atoms with Crippen LogP contribution in [0.1, 0.15) is 17.2 Å². The lowest BCUT2D eigenvalue weighted by molar-refractivity contribution is 0.523. The van der Waals surface area contributed by atoms with E-state index in [0.717, 1.165) is 5.56 Å². The van der Waals surface area contributed by atoms with Gasteiger partial charge >= 0.3 is 0 Å². The molecule has 0 spiro atoms. The Bertz CT molecular complexity index is 484. The molecule has 0 fully saturated rings. The van der Waals surface area contributed by atoms with Crippen LogP contribution in [0.2, 0.25) is 0 Å². The van der Waals surface area contributed by atoms with Gasteiger partial charge in [-0.15, -0.1) is 0 Å². The van der Waals surface area contributed by atoms with Gasteiger partial charge < -0.3 is 9.73 Å². The number of halogens is 2. The summed E-state index contributed by atoms with van der Waals surface area (Å²) in [6, 6.07) is 7.15. The van der Waals surface area contributed by atoms with Gasteiger partial charge in [0.25, 0.3) is 0 Å². The average Bonchev–Trinajstić information content (AvgIpc) is 2.83. The van der Waals surface area contributed by atoms with Crippen LogP contribution in [0.4, 0.5) is 4.39 Å². The van der Waals surface area contributed by atoms with Gasteiger partial charge in [0.1, 0.15) is 5.82 Å². The maximum absolute atomic E-state index is 14.0. The molecule has 2 aromatic rings. The molecule has 1 heterocycles. The quantitative estimate of drug-likeness (QED) is 0.931. The van der Waals surface area contributed by atoms with Crippen LogP contribution in [0.15, 0.2) is 45.7 Å². The summed E-state index contributed by atoms with van der Waals surface area (Å²) in [7, 11) is 1.82. The van der Waals surface area contributed by atoms with Crippen molar-refractivity contribution in [2.45, 2.75) is 12.5 Å². The van der Waals surface area contributed by atoms with Crippen molar-refractivity contribution in [2.24, 2.45) is 0 Å². The molecule has 1 aromatic heterocycles. The van der Waals surface area contributed by atoms with Crippen molar-refractivity contribution in [3.63, 3.8) is 0 Å². The standard InChI is InChI=1S/C13H13BrFNO/c1-16-12(7-9-5-6-17-8-9)10-3-2-4-11(14)13(10)15/h2-6,8,12,16H,7H2,1H3. The molecule has 1 aromatic carbocycles. The molecule has 90 valence electrons. The summed E-state index contributed by atoms with van der Waals surface area (Å²) >= 11 is 3.20. The second-order valence-corrected chi connectivity index (χ2v) is 4.67. The zero-order chi connectivity index (χ0) is 12.3. The molecule has 0 radical (unpaired) electrons. The Labute approximate surface area is 108 Å². The number of benzene rings is 1. The molecule has 4 heteroatoms. The van der Waals surface area contributed by atoms with E-state index < -0.39 is 0 Å². The molecular formula is C13H13BrFNO. The molecule has 0 aliphatic carbocycles. The zero-order valence-electron chi connectivity index (χ0n) is 9.41. The average molecular weight is 298 g/mol. The fraction of sp³-hybridized carbons (Fsp3) is 0.231. The van der Waals surface area contributed by atoms with Crippen molar-refractivity contribution >= 4 is 15.9 Å². The summed E-state index contributed by atoms with van der Waals surface area (Å²) in [5, 5.41) is 3.12. The van der Waals surface area contributed by atoms with Gasteiger partial charge in [0.15, 0.2) is 0 Å². The van der Waals surface area contributed by atoms with Gasteiger partial charge in [0, 0.05) is 11.6 Å². The van der Waals surface area contributed by atoms with Gasteiger partial charge in [-0.3, -0.25) is 0 Å². The first kappa shape index (κ1) is 12.3. The topological polar surface area (TPSA) is 25.2 Å². The van der Waals surface area contributed by atoms with Crippen LogP contribution in [0, 0.1) is 5.82 Å². The Morgan fingerprint density at radius 1 is 1.41 bits per heavy atom. The Hall–Kier alpha value is -1.13. The number of hydrogen-bond donors (Lipinski definition) is 1. The molecular weight excluding hydrogens is 285 g/mol. The van der Waals surface area contributed by atoms with Crippen molar-refractivity contribution in [1.82, 2.24) is 5.32 Å². The number of hydrogen-bond acceptors (Lipinski definition) is 2. The number of nitrogens with one attached hydrogen (secondary N) is 1. The maximum atomic E-state index is 14.0. The van der Waals surface area contributed by atoms with E-state index in [1.165, 1.54) is 0 Å². The minimum atomic E-state index is -0.213. The fourth-order valence-corrected chi connectivity index (χ4v) is 2.18. The summed E-state index contributed by atoms with van der Waals surface area (Å²) in [5.41, 5.74) is 1.70. The van der Waals surface area contributed by atoms with Crippen molar-refractivity contribution in [3.8, 4) is 0 Å². The van der Waals surface area contributed by atoms with Crippen LogP contribution in [0.5, 0.6) is 0 Å². The lowest BCUT2D eigenvalue weighted by atomic mass is 10.0. The summed E-state index contributed by atoms with van der Waals surface area (Å²) in [4.78, 5) is 0. The summed E-state index contributed by atoms with van der Waals surface area (Å²) < 4.78 is 19.5. The third kappa shape index (κ3) is 2.76. The fourth-order valence-electron chi connectivity index (χ4n) is 1.80. The van der Waals surface area contributed by atoms with Gasteiger partial charge in [0.05, 0.1) is 17.0 Å². The van der Waals surface area contributed by atoms with Gasteiger partial charge in [-0.2, -0.15) is 0 Å². The normalized spacial score (nSPS) is 12.6. The highest BCUT2D eigenvalue weighted by Gasteiger charge is 2.16. The van der Waals surface area contributed by atoms with Crippen LogP contribution in [-0.2, 0) is 6.42 Å². The largest absolute Gasteiger partial charge is 0.472 e. The molecule has 0 saturated heterocycles. The molecule has 1 N–H and O–H groups in total. The van der Waals surface area contributed by atoms with E-state index in [-0.39, 0.29) is 11.9 Å². The number of rotatable bonds is 4. The molecule has 2 rings (SSSR count). The molecule has 1 unspecified atom stereocenters. The summed E-state index contributed by atoms with van der Waals surface area (Å²) in [6.45, 7) is 0. The Balaban J connectivity index is 2.26. The third-order valence-electron chi connectivity index (χ3n) is 2.73. The molecule has 0 bridgehead atoms. The van der Waals surface area contributed by atoms with Gasteiger partial charge in [0.2, 0.25) is 0 Å². The first-order chi connectivity index (χ1) is 8.22. The van der Waals surface area contributed by atoms with E-state index in [9.17, 15) is 4.39 Å². The third-order valence-corrected chi connectivity index (χ3v) is 3.34. The molecule has 0 saturated carbocycles. The van der Waals surface area contributed by atoms with Gasteiger partial charge in [-0.05, 0) is 47.1 Å². The van der Waals surface area contributed by atoms with Crippen LogP contribution < -0.4 is 5.32 Å². The van der Waals surface area contributed by atoms with Crippen LogP contribution in [0.25, 0.3) is 0 Å². The van der Waals surface area contributed by atoms with Gasteiger partial charge in [-0.25, -0.2) is 4.39 Å².